The number of methoxy groups -OCH3 is 1. The normalized spacial score (nSPS) is 13.5. The molecule has 8 nitrogen and oxygen atoms in total. The van der Waals surface area contributed by atoms with Crippen molar-refractivity contribution in [3.05, 3.63) is 29.3 Å². The first-order chi connectivity index (χ1) is 12.1. The van der Waals surface area contributed by atoms with Crippen molar-refractivity contribution in [1.82, 2.24) is 10.3 Å². The van der Waals surface area contributed by atoms with Crippen LogP contribution >= 0.6 is 11.3 Å². The zero-order valence-electron chi connectivity index (χ0n) is 13.4. The summed E-state index contributed by atoms with van der Waals surface area (Å²) in [6.45, 7) is 0.421. The second kappa shape index (κ2) is 7.49. The molecule has 1 aliphatic rings. The smallest absolute Gasteiger partial charge is 0.326 e. The van der Waals surface area contributed by atoms with Gasteiger partial charge in [0.15, 0.2) is 11.5 Å². The minimum absolute atomic E-state index is 0.183. The molecule has 0 aliphatic carbocycles. The van der Waals surface area contributed by atoms with Gasteiger partial charge in [-0.25, -0.2) is 9.78 Å². The average molecular weight is 364 g/mol. The summed E-state index contributed by atoms with van der Waals surface area (Å²) in [6, 6.07) is 4.39. The first kappa shape index (κ1) is 17.2. The third kappa shape index (κ3) is 3.89. The van der Waals surface area contributed by atoms with Crippen LogP contribution in [0.15, 0.2) is 24.4 Å². The molecule has 25 heavy (non-hydrogen) atoms. The molecule has 1 aliphatic heterocycles. The Morgan fingerprint density at radius 1 is 1.40 bits per heavy atom. The van der Waals surface area contributed by atoms with Crippen molar-refractivity contribution in [1.29, 1.82) is 0 Å². The Bertz CT molecular complexity index is 791. The predicted molar refractivity (Wildman–Crippen MR) is 89.1 cm³/mol. The van der Waals surface area contributed by atoms with Gasteiger partial charge < -0.3 is 24.6 Å². The van der Waals surface area contributed by atoms with E-state index in [-0.39, 0.29) is 19.8 Å². The molecule has 1 amide bonds. The molecule has 2 aromatic rings. The minimum Gasteiger partial charge on any atom is -0.480 e. The molecule has 1 aromatic carbocycles. The van der Waals surface area contributed by atoms with Crippen LogP contribution in [0.2, 0.25) is 0 Å². The largest absolute Gasteiger partial charge is 0.480 e. The topological polar surface area (TPSA) is 107 Å². The average Bonchev–Trinajstić information content (AvgIpc) is 3.26. The monoisotopic (exact) mass is 364 g/mol. The lowest BCUT2D eigenvalue weighted by atomic mass is 10.2. The number of carboxylic acids is 1. The fraction of sp³-hybridized carbons (Fsp3) is 0.312. The van der Waals surface area contributed by atoms with Crippen LogP contribution in [0, 0.1) is 0 Å². The quantitative estimate of drug-likeness (QED) is 0.771. The minimum atomic E-state index is -1.11. The van der Waals surface area contributed by atoms with Gasteiger partial charge in [0.25, 0.3) is 5.91 Å². The number of thiazole rings is 1. The van der Waals surface area contributed by atoms with Gasteiger partial charge in [-0.2, -0.15) is 0 Å². The van der Waals surface area contributed by atoms with Gasteiger partial charge in [-0.05, 0) is 18.2 Å². The van der Waals surface area contributed by atoms with Crippen LogP contribution in [-0.4, -0.2) is 48.5 Å². The maximum absolute atomic E-state index is 12.3. The van der Waals surface area contributed by atoms with Gasteiger partial charge in [-0.1, -0.05) is 0 Å². The number of nitrogens with one attached hydrogen (secondary N) is 1. The van der Waals surface area contributed by atoms with Crippen molar-refractivity contribution in [2.45, 2.75) is 12.5 Å². The molecule has 0 radical (unpaired) electrons. The first-order valence-corrected chi connectivity index (χ1v) is 8.28. The summed E-state index contributed by atoms with van der Waals surface area (Å²) in [6.07, 6.45) is 1.61. The molecule has 2 heterocycles. The highest BCUT2D eigenvalue weighted by Gasteiger charge is 2.22. The van der Waals surface area contributed by atoms with Crippen LogP contribution < -0.4 is 14.8 Å². The molecule has 9 heteroatoms. The van der Waals surface area contributed by atoms with Crippen LogP contribution in [0.3, 0.4) is 0 Å². The molecule has 1 aromatic heterocycles. The van der Waals surface area contributed by atoms with Gasteiger partial charge in [0, 0.05) is 25.7 Å². The van der Waals surface area contributed by atoms with E-state index < -0.39 is 17.9 Å². The van der Waals surface area contributed by atoms with Gasteiger partial charge in [-0.15, -0.1) is 11.3 Å². The van der Waals surface area contributed by atoms with E-state index in [0.29, 0.717) is 21.4 Å². The molecule has 1 atom stereocenters. The number of carbonyl (C=O) groups excluding carboxylic acids is 1. The third-order valence-corrected chi connectivity index (χ3v) is 4.61. The van der Waals surface area contributed by atoms with Crippen molar-refractivity contribution in [2.75, 3.05) is 20.5 Å². The van der Waals surface area contributed by atoms with E-state index in [4.69, 9.17) is 19.3 Å². The highest BCUT2D eigenvalue weighted by molar-refractivity contribution is 7.16. The molecular formula is C16H16N2O6S. The van der Waals surface area contributed by atoms with E-state index in [2.05, 4.69) is 10.3 Å². The van der Waals surface area contributed by atoms with E-state index in [1.54, 1.807) is 12.1 Å². The number of hydrogen-bond acceptors (Lipinski definition) is 7. The lowest BCUT2D eigenvalue weighted by Gasteiger charge is -2.12. The summed E-state index contributed by atoms with van der Waals surface area (Å²) in [5.74, 6) is -0.288. The summed E-state index contributed by atoms with van der Waals surface area (Å²) < 4.78 is 15.5. The summed E-state index contributed by atoms with van der Waals surface area (Å²) in [5.41, 5.74) is 0.794. The molecule has 0 saturated carbocycles. The Balaban J connectivity index is 1.72. The summed E-state index contributed by atoms with van der Waals surface area (Å²) >= 11 is 1.17. The van der Waals surface area contributed by atoms with Crippen molar-refractivity contribution in [3.63, 3.8) is 0 Å². The Hall–Kier alpha value is -2.65. The molecule has 0 saturated heterocycles. The lowest BCUT2D eigenvalue weighted by Crippen LogP contribution is -2.41. The van der Waals surface area contributed by atoms with Crippen molar-refractivity contribution < 1.29 is 28.9 Å². The molecule has 0 bridgehead atoms. The fourth-order valence-corrected chi connectivity index (χ4v) is 3.08. The summed E-state index contributed by atoms with van der Waals surface area (Å²) in [4.78, 5) is 28.0. The van der Waals surface area contributed by atoms with Crippen molar-refractivity contribution >= 4 is 23.2 Å². The fourth-order valence-electron chi connectivity index (χ4n) is 2.26. The van der Waals surface area contributed by atoms with Gasteiger partial charge in [0.05, 0.1) is 6.20 Å². The van der Waals surface area contributed by atoms with E-state index in [0.717, 1.165) is 5.56 Å². The van der Waals surface area contributed by atoms with E-state index >= 15 is 0 Å². The number of ether oxygens (including phenoxy) is 3. The van der Waals surface area contributed by atoms with Crippen LogP contribution in [0.1, 0.15) is 16.1 Å². The Kier molecular flexibility index (Phi) is 5.15. The number of carboxylic acid groups (broad SMARTS) is 1. The van der Waals surface area contributed by atoms with Gasteiger partial charge in [0.1, 0.15) is 15.9 Å². The zero-order valence-corrected chi connectivity index (χ0v) is 14.2. The number of aromatic nitrogens is 1. The number of benzene rings is 1. The highest BCUT2D eigenvalue weighted by Crippen LogP contribution is 2.36. The number of aliphatic carboxylic acids is 1. The Morgan fingerprint density at radius 2 is 2.20 bits per heavy atom. The number of carbonyl (C=O) groups is 2. The molecular weight excluding hydrogens is 348 g/mol. The molecule has 3 rings (SSSR count). The van der Waals surface area contributed by atoms with Gasteiger partial charge >= 0.3 is 5.97 Å². The SMILES string of the molecule is COCCC(NC(=O)c1cnc(-c2ccc3c(c2)OCO3)s1)C(=O)O. The van der Waals surface area contributed by atoms with Crippen LogP contribution in [0.25, 0.3) is 10.6 Å². The standard InChI is InChI=1S/C16H16N2O6S/c1-22-5-4-10(16(20)21)18-14(19)13-7-17-15(25-13)9-2-3-11-12(6-9)24-8-23-11/h2-3,6-7,10H,4-5,8H2,1H3,(H,18,19)(H,20,21). The molecule has 132 valence electrons. The van der Waals surface area contributed by atoms with Crippen LogP contribution in [0.4, 0.5) is 0 Å². The number of rotatable bonds is 7. The second-order valence-electron chi connectivity index (χ2n) is 5.24. The van der Waals surface area contributed by atoms with Crippen molar-refractivity contribution in [2.24, 2.45) is 0 Å². The molecule has 1 unspecified atom stereocenters. The van der Waals surface area contributed by atoms with Gasteiger partial charge in [-0.3, -0.25) is 4.79 Å². The Morgan fingerprint density at radius 3 is 2.96 bits per heavy atom. The molecule has 0 spiro atoms. The summed E-state index contributed by atoms with van der Waals surface area (Å²) in [5, 5.41) is 12.3. The second-order valence-corrected chi connectivity index (χ2v) is 6.27. The van der Waals surface area contributed by atoms with E-state index in [1.807, 2.05) is 6.07 Å². The third-order valence-electron chi connectivity index (χ3n) is 3.56. The Labute approximate surface area is 147 Å². The molecule has 2 N–H and O–H groups in total. The van der Waals surface area contributed by atoms with Gasteiger partial charge in [0.2, 0.25) is 6.79 Å². The number of hydrogen-bond donors (Lipinski definition) is 2. The maximum Gasteiger partial charge on any atom is 0.326 e. The highest BCUT2D eigenvalue weighted by atomic mass is 32.1. The molecule has 0 fully saturated rings. The maximum atomic E-state index is 12.3. The number of amides is 1. The number of fused-ring (bicyclic) bond motifs is 1. The van der Waals surface area contributed by atoms with Crippen LogP contribution in [-0.2, 0) is 9.53 Å². The van der Waals surface area contributed by atoms with Crippen molar-refractivity contribution in [3.8, 4) is 22.1 Å². The predicted octanol–water partition coefficient (Wildman–Crippen LogP) is 1.76. The van der Waals surface area contributed by atoms with Crippen LogP contribution in [0.5, 0.6) is 11.5 Å². The zero-order chi connectivity index (χ0) is 17.8. The summed E-state index contributed by atoms with van der Waals surface area (Å²) in [7, 11) is 1.47. The van der Waals surface area contributed by atoms with E-state index in [1.165, 1.54) is 24.6 Å². The first-order valence-electron chi connectivity index (χ1n) is 7.47. The number of nitrogens with zero attached hydrogens (tertiary/aromatic N) is 1. The lowest BCUT2D eigenvalue weighted by molar-refractivity contribution is -0.139. The van der Waals surface area contributed by atoms with E-state index in [9.17, 15) is 9.59 Å².